The van der Waals surface area contributed by atoms with E-state index in [0.29, 0.717) is 5.84 Å². The van der Waals surface area contributed by atoms with Crippen molar-refractivity contribution in [3.05, 3.63) is 41.6 Å². The van der Waals surface area contributed by atoms with Crippen LogP contribution in [0.1, 0.15) is 11.1 Å². The number of hydrazone groups is 1. The number of nitrogens with zero attached hydrogens (tertiary/aromatic N) is 1. The first-order chi connectivity index (χ1) is 6.42. The third kappa shape index (κ3) is 1.33. The summed E-state index contributed by atoms with van der Waals surface area (Å²) in [5.41, 5.74) is 7.81. The van der Waals surface area contributed by atoms with Gasteiger partial charge in [-0.15, -0.1) is 0 Å². The van der Waals surface area contributed by atoms with Crippen LogP contribution in [0.3, 0.4) is 0 Å². The maximum Gasteiger partial charge on any atom is 0.171 e. The molecular formula is C9H10N4. The molecule has 0 bridgehead atoms. The van der Waals surface area contributed by atoms with Gasteiger partial charge in [-0.05, 0) is 11.6 Å². The second-order valence-electron chi connectivity index (χ2n) is 2.67. The number of hydrogen-bond donors (Lipinski definition) is 3. The Kier molecular flexibility index (Phi) is 1.88. The van der Waals surface area contributed by atoms with Crippen molar-refractivity contribution in [3.63, 3.8) is 0 Å². The van der Waals surface area contributed by atoms with Crippen molar-refractivity contribution >= 4 is 11.9 Å². The summed E-state index contributed by atoms with van der Waals surface area (Å²) in [6.07, 6.45) is 3.76. The van der Waals surface area contributed by atoms with Crippen LogP contribution in [0.5, 0.6) is 0 Å². The summed E-state index contributed by atoms with van der Waals surface area (Å²) >= 11 is 0. The summed E-state index contributed by atoms with van der Waals surface area (Å²) in [5, 5.41) is 3.65. The van der Waals surface area contributed by atoms with E-state index in [-0.39, 0.29) is 0 Å². The minimum atomic E-state index is 0.639. The predicted octanol–water partition coefficient (Wildman–Crippen LogP) is 0.385. The van der Waals surface area contributed by atoms with Gasteiger partial charge < -0.3 is 11.3 Å². The molecule has 0 saturated carbocycles. The molecule has 0 aliphatic carbocycles. The van der Waals surface area contributed by atoms with Gasteiger partial charge in [0, 0.05) is 11.8 Å². The molecule has 1 aliphatic rings. The van der Waals surface area contributed by atoms with E-state index in [1.54, 1.807) is 6.20 Å². The molecule has 1 aliphatic heterocycles. The average Bonchev–Trinajstić information content (AvgIpc) is 2.39. The maximum absolute atomic E-state index is 5.25. The Morgan fingerprint density at radius 1 is 1.23 bits per heavy atom. The molecule has 13 heavy (non-hydrogen) atoms. The molecule has 0 unspecified atom stereocenters. The first kappa shape index (κ1) is 7.67. The number of hydrogen-bond acceptors (Lipinski definition) is 3. The number of benzene rings is 1. The lowest BCUT2D eigenvalue weighted by Crippen LogP contribution is -2.34. The monoisotopic (exact) mass is 174 g/mol. The SMILES string of the molecule is N/N=C1\NNC=Cc2ccccc21. The molecule has 0 amide bonds. The molecule has 0 atom stereocenters. The zero-order valence-electron chi connectivity index (χ0n) is 6.99. The third-order valence-electron chi connectivity index (χ3n) is 1.88. The van der Waals surface area contributed by atoms with E-state index in [2.05, 4.69) is 16.0 Å². The van der Waals surface area contributed by atoms with Gasteiger partial charge >= 0.3 is 0 Å². The fourth-order valence-corrected chi connectivity index (χ4v) is 1.27. The van der Waals surface area contributed by atoms with Gasteiger partial charge in [0.1, 0.15) is 0 Å². The molecule has 4 N–H and O–H groups in total. The van der Waals surface area contributed by atoms with Crippen molar-refractivity contribution in [3.8, 4) is 0 Å². The number of amidine groups is 1. The molecule has 4 heteroatoms. The molecule has 1 aromatic carbocycles. The van der Waals surface area contributed by atoms with Crippen molar-refractivity contribution in [2.24, 2.45) is 10.9 Å². The number of nitrogens with one attached hydrogen (secondary N) is 2. The van der Waals surface area contributed by atoms with Crippen molar-refractivity contribution < 1.29 is 0 Å². The molecule has 2 rings (SSSR count). The predicted molar refractivity (Wildman–Crippen MR) is 52.5 cm³/mol. The van der Waals surface area contributed by atoms with Crippen LogP contribution in [0.2, 0.25) is 0 Å². The molecule has 0 fully saturated rings. The first-order valence-corrected chi connectivity index (χ1v) is 3.97. The van der Waals surface area contributed by atoms with Gasteiger partial charge in [-0.25, -0.2) is 0 Å². The number of fused-ring (bicyclic) bond motifs is 1. The van der Waals surface area contributed by atoms with Gasteiger partial charge in [-0.2, -0.15) is 5.10 Å². The van der Waals surface area contributed by atoms with Crippen LogP contribution in [0.15, 0.2) is 35.6 Å². The van der Waals surface area contributed by atoms with Gasteiger partial charge in [0.15, 0.2) is 5.84 Å². The minimum Gasteiger partial charge on any atom is -0.321 e. The topological polar surface area (TPSA) is 62.4 Å². The molecule has 1 aromatic rings. The maximum atomic E-state index is 5.25. The molecule has 0 saturated heterocycles. The summed E-state index contributed by atoms with van der Waals surface area (Å²) in [6.45, 7) is 0. The van der Waals surface area contributed by atoms with Gasteiger partial charge in [0.25, 0.3) is 0 Å². The van der Waals surface area contributed by atoms with Gasteiger partial charge in [-0.3, -0.25) is 5.43 Å². The van der Waals surface area contributed by atoms with Gasteiger partial charge in [0.2, 0.25) is 0 Å². The van der Waals surface area contributed by atoms with Crippen LogP contribution in [0.4, 0.5) is 0 Å². The smallest absolute Gasteiger partial charge is 0.171 e. The Balaban J connectivity index is 2.56. The molecular weight excluding hydrogens is 164 g/mol. The third-order valence-corrected chi connectivity index (χ3v) is 1.88. The normalized spacial score (nSPS) is 17.1. The van der Waals surface area contributed by atoms with Crippen molar-refractivity contribution in [2.75, 3.05) is 0 Å². The van der Waals surface area contributed by atoms with E-state index in [1.165, 1.54) is 0 Å². The largest absolute Gasteiger partial charge is 0.321 e. The second kappa shape index (κ2) is 3.18. The summed E-state index contributed by atoms with van der Waals surface area (Å²) in [7, 11) is 0. The quantitative estimate of drug-likeness (QED) is 0.393. The first-order valence-electron chi connectivity index (χ1n) is 3.97. The van der Waals surface area contributed by atoms with Crippen LogP contribution >= 0.6 is 0 Å². The van der Waals surface area contributed by atoms with Gasteiger partial charge in [-0.1, -0.05) is 24.3 Å². The lowest BCUT2D eigenvalue weighted by atomic mass is 10.1. The van der Waals surface area contributed by atoms with Crippen LogP contribution in [-0.2, 0) is 0 Å². The molecule has 66 valence electrons. The minimum absolute atomic E-state index is 0.639. The van der Waals surface area contributed by atoms with Gasteiger partial charge in [0.05, 0.1) is 0 Å². The second-order valence-corrected chi connectivity index (χ2v) is 2.67. The zero-order chi connectivity index (χ0) is 9.10. The van der Waals surface area contributed by atoms with E-state index < -0.39 is 0 Å². The Morgan fingerprint density at radius 3 is 2.92 bits per heavy atom. The molecule has 0 aromatic heterocycles. The molecule has 1 heterocycles. The van der Waals surface area contributed by atoms with Crippen molar-refractivity contribution in [2.45, 2.75) is 0 Å². The van der Waals surface area contributed by atoms with Crippen LogP contribution < -0.4 is 16.7 Å². The van der Waals surface area contributed by atoms with E-state index in [1.807, 2.05) is 30.3 Å². The summed E-state index contributed by atoms with van der Waals surface area (Å²) in [6, 6.07) is 7.89. The van der Waals surface area contributed by atoms with Crippen LogP contribution in [0, 0.1) is 0 Å². The Bertz CT molecular complexity index is 368. The summed E-state index contributed by atoms with van der Waals surface area (Å²) in [5.74, 6) is 5.88. The standard InChI is InChI=1S/C9H10N4/c10-12-9-8-4-2-1-3-7(8)5-6-11-13-9/h1-6,11H,10H2,(H,12,13). The van der Waals surface area contributed by atoms with Crippen LogP contribution in [0.25, 0.3) is 6.08 Å². The van der Waals surface area contributed by atoms with Crippen LogP contribution in [-0.4, -0.2) is 5.84 Å². The highest BCUT2D eigenvalue weighted by Gasteiger charge is 2.07. The highest BCUT2D eigenvalue weighted by Crippen LogP contribution is 2.11. The van der Waals surface area contributed by atoms with E-state index in [4.69, 9.17) is 5.84 Å². The lowest BCUT2D eigenvalue weighted by molar-refractivity contribution is 0.821. The summed E-state index contributed by atoms with van der Waals surface area (Å²) in [4.78, 5) is 0. The average molecular weight is 174 g/mol. The Hall–Kier alpha value is -1.97. The summed E-state index contributed by atoms with van der Waals surface area (Å²) < 4.78 is 0. The van der Waals surface area contributed by atoms with E-state index in [0.717, 1.165) is 11.1 Å². The van der Waals surface area contributed by atoms with Crippen molar-refractivity contribution in [1.29, 1.82) is 0 Å². The fraction of sp³-hybridized carbons (Fsp3) is 0. The highest BCUT2D eigenvalue weighted by atomic mass is 15.4. The van der Waals surface area contributed by atoms with Crippen molar-refractivity contribution in [1.82, 2.24) is 10.9 Å². The number of hydrazine groups is 1. The number of nitrogens with two attached hydrogens (primary N) is 1. The lowest BCUT2D eigenvalue weighted by Gasteiger charge is -2.06. The fourth-order valence-electron chi connectivity index (χ4n) is 1.27. The Morgan fingerprint density at radius 2 is 2.08 bits per heavy atom. The number of rotatable bonds is 0. The molecule has 0 radical (unpaired) electrons. The molecule has 0 spiro atoms. The van der Waals surface area contributed by atoms with E-state index >= 15 is 0 Å². The Labute approximate surface area is 76.1 Å². The van der Waals surface area contributed by atoms with E-state index in [9.17, 15) is 0 Å². The molecule has 4 nitrogen and oxygen atoms in total. The zero-order valence-corrected chi connectivity index (χ0v) is 6.99. The highest BCUT2D eigenvalue weighted by molar-refractivity contribution is 6.01.